The molecule has 0 amide bonds. The van der Waals surface area contributed by atoms with Crippen LogP contribution in [0.4, 0.5) is 56.6 Å². The number of hydrogen-bond acceptors (Lipinski definition) is 10. The van der Waals surface area contributed by atoms with Crippen molar-refractivity contribution in [1.29, 1.82) is 0 Å². The number of hydrogen-bond donors (Lipinski definition) is 3. The van der Waals surface area contributed by atoms with E-state index >= 15 is 0 Å². The Bertz CT molecular complexity index is 1190. The number of nitrogens with two attached hydrogens (primary N) is 3. The van der Waals surface area contributed by atoms with E-state index in [0.29, 0.717) is 36.4 Å². The van der Waals surface area contributed by atoms with E-state index in [9.17, 15) is 44.1 Å². The monoisotopic (exact) mass is 620 g/mol. The van der Waals surface area contributed by atoms with Gasteiger partial charge < -0.3 is 0 Å². The van der Waals surface area contributed by atoms with Gasteiger partial charge in [-0.3, -0.25) is 0 Å². The maximum atomic E-state index is 13.5. The number of phosphoric acid groups is 1. The minimum atomic E-state index is -5.28. The first-order valence-electron chi connectivity index (χ1n) is 10.6. The second-order valence-corrected chi connectivity index (χ2v) is 9.19. The van der Waals surface area contributed by atoms with E-state index < -0.39 is 43.0 Å². The van der Waals surface area contributed by atoms with Crippen molar-refractivity contribution in [3.8, 4) is 0 Å². The normalized spacial score (nSPS) is 12.8. The first kappa shape index (κ1) is 31.9. The largest absolute Gasteiger partial charge is 0.543 e. The maximum absolute atomic E-state index is 13.5. The van der Waals surface area contributed by atoms with E-state index in [2.05, 4.69) is 0 Å². The summed E-state index contributed by atoms with van der Waals surface area (Å²) in [5, 5.41) is 0.423. The van der Waals surface area contributed by atoms with Crippen LogP contribution in [0.5, 0.6) is 0 Å². The van der Waals surface area contributed by atoms with Gasteiger partial charge in [-0.2, -0.15) is 55.0 Å². The number of alkyl halides is 9. The van der Waals surface area contributed by atoms with E-state index in [0.717, 1.165) is 36.4 Å². The quantitative estimate of drug-likeness (QED) is 0.112. The van der Waals surface area contributed by atoms with E-state index in [-0.39, 0.29) is 32.6 Å². The molecule has 0 heterocycles. The average molecular weight is 620 g/mol. The van der Waals surface area contributed by atoms with Gasteiger partial charge in [0.25, 0.3) is 0 Å². The highest BCUT2D eigenvalue weighted by Gasteiger charge is 2.38. The third-order valence-electron chi connectivity index (χ3n) is 4.91. The number of benzene rings is 3. The Kier molecular flexibility index (Phi) is 9.14. The summed E-state index contributed by atoms with van der Waals surface area (Å²) in [6.45, 7) is 0. The molecule has 0 aromatic heterocycles. The topological polar surface area (TPSA) is 133 Å². The highest BCUT2D eigenvalue weighted by atomic mass is 31.2. The molecule has 20 heteroatoms. The summed E-state index contributed by atoms with van der Waals surface area (Å²) in [5.74, 6) is 16.9. The second kappa shape index (κ2) is 11.7. The molecular formula is C21H18F9N6O4P. The summed E-state index contributed by atoms with van der Waals surface area (Å²) < 4.78 is 144. The lowest BCUT2D eigenvalue weighted by Gasteiger charge is -2.29. The molecule has 0 saturated carbocycles. The highest BCUT2D eigenvalue weighted by molar-refractivity contribution is 7.48. The molecule has 41 heavy (non-hydrogen) atoms. The number of nitrogens with zero attached hydrogens (tertiary/aromatic N) is 3. The Hall–Kier alpha value is -3.58. The molecule has 6 N–H and O–H groups in total. The van der Waals surface area contributed by atoms with Crippen LogP contribution in [0.3, 0.4) is 0 Å². The Morgan fingerprint density at radius 1 is 0.463 bits per heavy atom. The minimum absolute atomic E-state index is 0.141. The molecular weight excluding hydrogens is 602 g/mol. The van der Waals surface area contributed by atoms with Crippen molar-refractivity contribution in [3.63, 3.8) is 0 Å². The van der Waals surface area contributed by atoms with Crippen molar-refractivity contribution in [1.82, 2.24) is 0 Å². The van der Waals surface area contributed by atoms with Gasteiger partial charge in [-0.15, -0.1) is 13.9 Å². The highest BCUT2D eigenvalue weighted by Crippen LogP contribution is 2.52. The third-order valence-corrected chi connectivity index (χ3v) is 6.04. The maximum Gasteiger partial charge on any atom is 0.543 e. The van der Waals surface area contributed by atoms with Crippen LogP contribution in [0, 0.1) is 0 Å². The molecule has 0 unspecified atom stereocenters. The zero-order valence-corrected chi connectivity index (χ0v) is 20.9. The summed E-state index contributed by atoms with van der Waals surface area (Å²) in [4.78, 5) is 0. The van der Waals surface area contributed by atoms with Gasteiger partial charge in [-0.1, -0.05) is 0 Å². The third kappa shape index (κ3) is 8.46. The summed E-state index contributed by atoms with van der Waals surface area (Å²) in [6, 6.07) is 8.41. The minimum Gasteiger partial charge on any atom is -0.222 e. The van der Waals surface area contributed by atoms with Crippen molar-refractivity contribution < 1.29 is 58.0 Å². The molecule has 10 nitrogen and oxygen atoms in total. The molecule has 0 bridgehead atoms. The molecule has 0 aliphatic heterocycles. The van der Waals surface area contributed by atoms with Crippen molar-refractivity contribution in [2.75, 3.05) is 15.5 Å². The Balaban J connectivity index is 1.88. The van der Waals surface area contributed by atoms with Crippen molar-refractivity contribution in [3.05, 3.63) is 89.5 Å². The molecule has 3 aromatic rings. The van der Waals surface area contributed by atoms with Crippen LogP contribution >= 0.6 is 7.82 Å². The molecule has 0 radical (unpaired) electrons. The molecule has 224 valence electrons. The van der Waals surface area contributed by atoms with Gasteiger partial charge in [0, 0.05) is 0 Å². The van der Waals surface area contributed by atoms with Gasteiger partial charge in [-0.25, -0.2) is 22.1 Å². The van der Waals surface area contributed by atoms with Crippen LogP contribution in [0.15, 0.2) is 72.8 Å². The number of anilines is 3. The van der Waals surface area contributed by atoms with E-state index in [4.69, 9.17) is 31.4 Å². The van der Waals surface area contributed by atoms with Gasteiger partial charge >= 0.3 is 26.4 Å². The molecule has 0 aliphatic rings. The van der Waals surface area contributed by atoms with Gasteiger partial charge in [0.2, 0.25) is 0 Å². The molecule has 0 atom stereocenters. The Labute approximate surface area is 224 Å². The van der Waals surface area contributed by atoms with Crippen LogP contribution in [-0.2, 0) is 37.0 Å². The summed E-state index contributed by atoms with van der Waals surface area (Å²) in [5.41, 5.74) is -4.26. The van der Waals surface area contributed by atoms with Crippen molar-refractivity contribution >= 4 is 24.9 Å². The summed E-state index contributed by atoms with van der Waals surface area (Å²) in [6.07, 6.45) is -14.1. The van der Waals surface area contributed by atoms with E-state index in [1.54, 1.807) is 0 Å². The Morgan fingerprint density at radius 3 is 0.829 bits per heavy atom. The Morgan fingerprint density at radius 2 is 0.659 bits per heavy atom. The average Bonchev–Trinajstić information content (AvgIpc) is 2.87. The van der Waals surface area contributed by atoms with Crippen LogP contribution in [0.25, 0.3) is 0 Å². The van der Waals surface area contributed by atoms with Crippen molar-refractivity contribution in [2.24, 2.45) is 17.5 Å². The second-order valence-electron chi connectivity index (χ2n) is 7.80. The number of halogens is 9. The summed E-state index contributed by atoms with van der Waals surface area (Å²) in [7, 11) is -5.28. The van der Waals surface area contributed by atoms with E-state index in [1.807, 2.05) is 0 Å². The zero-order valence-electron chi connectivity index (χ0n) is 20.0. The number of hydrazine groups is 3. The van der Waals surface area contributed by atoms with Crippen LogP contribution in [0.1, 0.15) is 16.7 Å². The van der Waals surface area contributed by atoms with Gasteiger partial charge in [0.15, 0.2) is 0 Å². The fourth-order valence-electron chi connectivity index (χ4n) is 2.90. The molecule has 0 fully saturated rings. The van der Waals surface area contributed by atoms with Crippen LogP contribution in [0.2, 0.25) is 0 Å². The van der Waals surface area contributed by atoms with Crippen molar-refractivity contribution in [2.45, 2.75) is 18.5 Å². The molecule has 3 rings (SSSR count). The van der Waals surface area contributed by atoms with E-state index in [1.165, 1.54) is 0 Å². The standard InChI is InChI=1S/C21H18F9N6O4P/c22-19(23,24)13-1-7-16(8-2-13)34(31)38-41(37,39-35(32)17-9-3-14(4-10-17)20(25,26)27)40-36(33)18-11-5-15(6-12-18)21(28,29)30/h1-12H,31-33H2. The fraction of sp³-hybridized carbons (Fsp3) is 0.143. The zero-order chi connectivity index (χ0) is 30.8. The lowest BCUT2D eigenvalue weighted by atomic mass is 10.2. The first-order valence-corrected chi connectivity index (χ1v) is 12.1. The molecule has 0 spiro atoms. The molecule has 0 saturated heterocycles. The first-order chi connectivity index (χ1) is 18.8. The van der Waals surface area contributed by atoms with Gasteiger partial charge in [0.05, 0.1) is 33.8 Å². The number of rotatable bonds is 9. The molecule has 0 aliphatic carbocycles. The SMILES string of the molecule is NN(OP(=O)(ON(N)c1ccc(C(F)(F)F)cc1)ON(N)c1ccc(C(F)(F)F)cc1)c1ccc(C(F)(F)F)cc1. The lowest BCUT2D eigenvalue weighted by Crippen LogP contribution is -2.38. The van der Waals surface area contributed by atoms with Crippen LogP contribution in [-0.4, -0.2) is 0 Å². The lowest BCUT2D eigenvalue weighted by molar-refractivity contribution is -0.138. The fourth-order valence-corrected chi connectivity index (χ4v) is 3.92. The van der Waals surface area contributed by atoms with Gasteiger partial charge in [0.1, 0.15) is 0 Å². The van der Waals surface area contributed by atoms with Crippen LogP contribution < -0.4 is 33.0 Å². The summed E-state index contributed by atoms with van der Waals surface area (Å²) >= 11 is 0. The predicted octanol–water partition coefficient (Wildman–Crippen LogP) is 6.09. The molecule has 3 aromatic carbocycles. The van der Waals surface area contributed by atoms with Gasteiger partial charge in [-0.05, 0) is 72.8 Å². The smallest absolute Gasteiger partial charge is 0.222 e. The predicted molar refractivity (Wildman–Crippen MR) is 125 cm³/mol.